The van der Waals surface area contributed by atoms with Crippen molar-refractivity contribution in [3.63, 3.8) is 0 Å². The molecule has 0 saturated carbocycles. The second-order valence-corrected chi connectivity index (χ2v) is 6.73. The molecule has 1 fully saturated rings. The summed E-state index contributed by atoms with van der Waals surface area (Å²) in [5.41, 5.74) is 2.30. The van der Waals surface area contributed by atoms with Crippen LogP contribution in [0.15, 0.2) is 72.9 Å². The van der Waals surface area contributed by atoms with E-state index in [2.05, 4.69) is 32.7 Å². The second kappa shape index (κ2) is 8.19. The normalized spacial score (nSPS) is 16.6. The zero-order valence-corrected chi connectivity index (χ0v) is 15.3. The highest BCUT2D eigenvalue weighted by atomic mass is 19.1. The van der Waals surface area contributed by atoms with Crippen LogP contribution < -0.4 is 15.5 Å². The lowest BCUT2D eigenvalue weighted by molar-refractivity contribution is 0.102. The number of hydrogen-bond acceptors (Lipinski definition) is 4. The van der Waals surface area contributed by atoms with Gasteiger partial charge in [-0.15, -0.1) is 0 Å². The number of anilines is 2. The van der Waals surface area contributed by atoms with Gasteiger partial charge in [0.1, 0.15) is 11.6 Å². The molecule has 2 heterocycles. The van der Waals surface area contributed by atoms with E-state index < -0.39 is 0 Å². The zero-order valence-electron chi connectivity index (χ0n) is 15.3. The third-order valence-corrected chi connectivity index (χ3v) is 4.81. The fraction of sp³-hybridized carbons (Fsp3) is 0.182. The molecular formula is C22H21FN4O. The van der Waals surface area contributed by atoms with Gasteiger partial charge in [-0.3, -0.25) is 4.79 Å². The van der Waals surface area contributed by atoms with Crippen molar-refractivity contribution in [2.45, 2.75) is 6.04 Å². The highest BCUT2D eigenvalue weighted by molar-refractivity contribution is 6.04. The molecule has 3 aromatic rings. The molecule has 1 aliphatic heterocycles. The number of hydrogen-bond donors (Lipinski definition) is 2. The lowest BCUT2D eigenvalue weighted by atomic mass is 10.0. The number of nitrogens with one attached hydrogen (secondary N) is 2. The van der Waals surface area contributed by atoms with E-state index >= 15 is 0 Å². The minimum absolute atomic E-state index is 0.216. The van der Waals surface area contributed by atoms with E-state index in [9.17, 15) is 9.18 Å². The Hall–Kier alpha value is -3.25. The van der Waals surface area contributed by atoms with Gasteiger partial charge in [-0.2, -0.15) is 0 Å². The van der Waals surface area contributed by atoms with Gasteiger partial charge in [-0.25, -0.2) is 9.37 Å². The summed E-state index contributed by atoms with van der Waals surface area (Å²) in [5, 5.41) is 6.32. The van der Waals surface area contributed by atoms with E-state index in [-0.39, 0.29) is 17.8 Å². The molecule has 6 heteroatoms. The molecule has 1 atom stereocenters. The number of pyridine rings is 1. The van der Waals surface area contributed by atoms with Gasteiger partial charge in [0.25, 0.3) is 5.91 Å². The molecule has 4 rings (SSSR count). The number of nitrogens with zero attached hydrogens (tertiary/aromatic N) is 2. The fourth-order valence-corrected chi connectivity index (χ4v) is 3.34. The smallest absolute Gasteiger partial charge is 0.255 e. The van der Waals surface area contributed by atoms with Crippen molar-refractivity contribution < 1.29 is 9.18 Å². The van der Waals surface area contributed by atoms with Gasteiger partial charge in [-0.1, -0.05) is 30.3 Å². The van der Waals surface area contributed by atoms with Crippen molar-refractivity contribution in [3.05, 3.63) is 89.9 Å². The molecular weight excluding hydrogens is 355 g/mol. The van der Waals surface area contributed by atoms with Crippen LogP contribution in [0.25, 0.3) is 0 Å². The quantitative estimate of drug-likeness (QED) is 0.730. The Labute approximate surface area is 163 Å². The molecule has 1 amide bonds. The second-order valence-electron chi connectivity index (χ2n) is 6.73. The Morgan fingerprint density at radius 1 is 1.11 bits per heavy atom. The van der Waals surface area contributed by atoms with Crippen molar-refractivity contribution in [1.82, 2.24) is 10.3 Å². The minimum atomic E-state index is -0.337. The highest BCUT2D eigenvalue weighted by Gasteiger charge is 2.22. The van der Waals surface area contributed by atoms with Crippen LogP contribution in [0.3, 0.4) is 0 Å². The predicted octanol–water partition coefficient (Wildman–Crippen LogP) is 3.62. The first-order chi connectivity index (χ1) is 13.7. The third-order valence-electron chi connectivity index (χ3n) is 4.81. The molecule has 0 unspecified atom stereocenters. The Morgan fingerprint density at radius 2 is 1.89 bits per heavy atom. The Bertz CT molecular complexity index is 946. The zero-order chi connectivity index (χ0) is 19.3. The van der Waals surface area contributed by atoms with Crippen molar-refractivity contribution in [2.24, 2.45) is 0 Å². The third kappa shape index (κ3) is 4.18. The van der Waals surface area contributed by atoms with Crippen LogP contribution in [-0.2, 0) is 0 Å². The van der Waals surface area contributed by atoms with Crippen molar-refractivity contribution in [2.75, 3.05) is 29.9 Å². The van der Waals surface area contributed by atoms with Crippen LogP contribution >= 0.6 is 0 Å². The van der Waals surface area contributed by atoms with Crippen LogP contribution in [0.5, 0.6) is 0 Å². The molecule has 1 aliphatic rings. The first-order valence-corrected chi connectivity index (χ1v) is 9.25. The maximum Gasteiger partial charge on any atom is 0.255 e. The lowest BCUT2D eigenvalue weighted by Gasteiger charge is -2.34. The van der Waals surface area contributed by atoms with E-state index in [0.29, 0.717) is 11.3 Å². The van der Waals surface area contributed by atoms with Crippen LogP contribution in [-0.4, -0.2) is 30.5 Å². The molecule has 142 valence electrons. The monoisotopic (exact) mass is 376 g/mol. The lowest BCUT2D eigenvalue weighted by Crippen LogP contribution is -2.46. The molecule has 28 heavy (non-hydrogen) atoms. The van der Waals surface area contributed by atoms with E-state index in [1.165, 1.54) is 29.8 Å². The Morgan fingerprint density at radius 3 is 2.68 bits per heavy atom. The molecule has 0 bridgehead atoms. The van der Waals surface area contributed by atoms with Gasteiger partial charge in [0.2, 0.25) is 0 Å². The SMILES string of the molecule is O=C(Nc1ccc(F)cc1)c1ccnc(N2CCN[C@@H](c3ccccc3)C2)c1. The Balaban J connectivity index is 1.48. The summed E-state index contributed by atoms with van der Waals surface area (Å²) in [6.07, 6.45) is 1.65. The predicted molar refractivity (Wildman–Crippen MR) is 108 cm³/mol. The number of halogens is 1. The summed E-state index contributed by atoms with van der Waals surface area (Å²) >= 11 is 0. The van der Waals surface area contributed by atoms with Crippen LogP contribution in [0, 0.1) is 5.82 Å². The molecule has 1 saturated heterocycles. The van der Waals surface area contributed by atoms with Crippen molar-refractivity contribution in [1.29, 1.82) is 0 Å². The average Bonchev–Trinajstić information content (AvgIpc) is 2.76. The van der Waals surface area contributed by atoms with E-state index in [4.69, 9.17) is 0 Å². The van der Waals surface area contributed by atoms with Crippen molar-refractivity contribution >= 4 is 17.4 Å². The summed E-state index contributed by atoms with van der Waals surface area (Å²) in [6.45, 7) is 2.44. The van der Waals surface area contributed by atoms with Gasteiger partial charge in [0.05, 0.1) is 0 Å². The number of carbonyl (C=O) groups is 1. The maximum atomic E-state index is 13.0. The standard InChI is InChI=1S/C22H21FN4O/c23-18-6-8-19(9-7-18)26-22(28)17-10-11-25-21(14-17)27-13-12-24-20(15-27)16-4-2-1-3-5-16/h1-11,14,20,24H,12-13,15H2,(H,26,28)/t20-/m1/s1. The molecule has 0 spiro atoms. The van der Waals surface area contributed by atoms with Crippen LogP contribution in [0.2, 0.25) is 0 Å². The highest BCUT2D eigenvalue weighted by Crippen LogP contribution is 2.22. The molecule has 1 aromatic heterocycles. The van der Waals surface area contributed by atoms with Crippen LogP contribution in [0.1, 0.15) is 22.0 Å². The van der Waals surface area contributed by atoms with Crippen LogP contribution in [0.4, 0.5) is 15.9 Å². The average molecular weight is 376 g/mol. The summed E-state index contributed by atoms with van der Waals surface area (Å²) in [5.74, 6) is 0.190. The van der Waals surface area contributed by atoms with Gasteiger partial charge in [0.15, 0.2) is 0 Å². The molecule has 0 radical (unpaired) electrons. The molecule has 2 aromatic carbocycles. The number of aromatic nitrogens is 1. The topological polar surface area (TPSA) is 57.3 Å². The van der Waals surface area contributed by atoms with Gasteiger partial charge < -0.3 is 15.5 Å². The summed E-state index contributed by atoms with van der Waals surface area (Å²) in [7, 11) is 0. The number of carbonyl (C=O) groups excluding carboxylic acids is 1. The first-order valence-electron chi connectivity index (χ1n) is 9.25. The molecule has 0 aliphatic carbocycles. The van der Waals surface area contributed by atoms with E-state index in [0.717, 1.165) is 25.5 Å². The van der Waals surface area contributed by atoms with E-state index in [1.807, 2.05) is 18.2 Å². The summed E-state index contributed by atoms with van der Waals surface area (Å²) in [6, 6.07) is 19.7. The Kier molecular flexibility index (Phi) is 5.30. The van der Waals surface area contributed by atoms with E-state index in [1.54, 1.807) is 18.3 Å². The fourth-order valence-electron chi connectivity index (χ4n) is 3.34. The number of rotatable bonds is 4. The maximum absolute atomic E-state index is 13.0. The molecule has 5 nitrogen and oxygen atoms in total. The van der Waals surface area contributed by atoms with Crippen molar-refractivity contribution in [3.8, 4) is 0 Å². The number of benzene rings is 2. The van der Waals surface area contributed by atoms with Gasteiger partial charge >= 0.3 is 0 Å². The number of piperazine rings is 1. The number of amides is 1. The summed E-state index contributed by atoms with van der Waals surface area (Å²) in [4.78, 5) is 19.2. The minimum Gasteiger partial charge on any atom is -0.353 e. The largest absolute Gasteiger partial charge is 0.353 e. The first kappa shape index (κ1) is 18.1. The van der Waals surface area contributed by atoms with Gasteiger partial charge in [-0.05, 0) is 42.0 Å². The molecule has 2 N–H and O–H groups in total. The summed E-state index contributed by atoms with van der Waals surface area (Å²) < 4.78 is 13.0. The van der Waals surface area contributed by atoms with Gasteiger partial charge in [0, 0.05) is 43.1 Å².